The van der Waals surface area contributed by atoms with Crippen LogP contribution in [0.5, 0.6) is 0 Å². The Morgan fingerprint density at radius 1 is 1.38 bits per heavy atom. The molecule has 1 aliphatic rings. The van der Waals surface area contributed by atoms with Crippen molar-refractivity contribution in [1.82, 2.24) is 9.88 Å². The van der Waals surface area contributed by atoms with Crippen molar-refractivity contribution in [1.29, 1.82) is 0 Å². The van der Waals surface area contributed by atoms with E-state index in [0.29, 0.717) is 11.1 Å². The minimum Gasteiger partial charge on any atom is -0.329 e. The van der Waals surface area contributed by atoms with Crippen LogP contribution in [0.3, 0.4) is 0 Å². The van der Waals surface area contributed by atoms with Gasteiger partial charge in [0.05, 0.1) is 6.04 Å². The van der Waals surface area contributed by atoms with Crippen LogP contribution in [0.15, 0.2) is 46.7 Å². The van der Waals surface area contributed by atoms with Crippen molar-refractivity contribution >= 4 is 34.1 Å². The summed E-state index contributed by atoms with van der Waals surface area (Å²) in [5.41, 5.74) is 0.368. The Morgan fingerprint density at radius 3 is 2.83 bits per heavy atom. The van der Waals surface area contributed by atoms with Gasteiger partial charge in [0, 0.05) is 28.4 Å². The van der Waals surface area contributed by atoms with Gasteiger partial charge in [-0.15, -0.1) is 11.8 Å². The number of benzene rings is 1. The van der Waals surface area contributed by atoms with Crippen LogP contribution in [0.4, 0.5) is 5.69 Å². The fourth-order valence-corrected chi connectivity index (χ4v) is 4.37. The second-order valence-corrected chi connectivity index (χ2v) is 7.48. The van der Waals surface area contributed by atoms with Crippen LogP contribution in [-0.4, -0.2) is 41.7 Å². The lowest BCUT2D eigenvalue weighted by Crippen LogP contribution is -2.50. The number of thioether (sulfide) groups is 1. The second-order valence-electron chi connectivity index (χ2n) is 6.58. The number of fused-ring (bicyclic) bond motifs is 1. The van der Waals surface area contributed by atoms with Gasteiger partial charge in [0.15, 0.2) is 0 Å². The van der Waals surface area contributed by atoms with Gasteiger partial charge in [-0.1, -0.05) is 13.0 Å². The Hall–Kier alpha value is -2.05. The Labute approximate surface area is 145 Å². The normalized spacial score (nSPS) is 21.3. The first-order valence-corrected chi connectivity index (χ1v) is 8.84. The fourth-order valence-electron chi connectivity index (χ4n) is 3.25. The molecule has 1 aliphatic heterocycles. The largest absolute Gasteiger partial charge is 0.329 e. The first-order valence-electron chi connectivity index (χ1n) is 7.79. The number of anilines is 1. The molecule has 5 nitrogen and oxygen atoms in total. The van der Waals surface area contributed by atoms with Crippen molar-refractivity contribution in [2.45, 2.75) is 13.0 Å². The standard InChI is InChI=1S/C18H21N3O2S/c1-18(7-9-24-11-18)15(21(2)3)17(23)20-13-4-5-14-12(10-13)6-8-19-16(14)22/h4-10,15H,11H2,1-3H3,(H,19,22)(H,20,23)/t15-,18?/m0/s1. The highest BCUT2D eigenvalue weighted by Crippen LogP contribution is 2.37. The quantitative estimate of drug-likeness (QED) is 0.896. The number of hydrogen-bond acceptors (Lipinski definition) is 4. The lowest BCUT2D eigenvalue weighted by Gasteiger charge is -2.35. The SMILES string of the molecule is CN(C)[C@@H](C(=O)Nc1ccc2c(=O)[nH]ccc2c1)C1(C)C=CSC1. The number of nitrogens with one attached hydrogen (secondary N) is 2. The van der Waals surface area contributed by atoms with E-state index in [1.807, 2.05) is 31.1 Å². The van der Waals surface area contributed by atoms with Crippen molar-refractivity contribution in [2.24, 2.45) is 5.41 Å². The topological polar surface area (TPSA) is 65.2 Å². The van der Waals surface area contributed by atoms with Gasteiger partial charge in [-0.25, -0.2) is 0 Å². The van der Waals surface area contributed by atoms with E-state index in [9.17, 15) is 9.59 Å². The summed E-state index contributed by atoms with van der Waals surface area (Å²) in [5.74, 6) is 0.843. The van der Waals surface area contributed by atoms with Crippen LogP contribution in [-0.2, 0) is 4.79 Å². The van der Waals surface area contributed by atoms with Gasteiger partial charge < -0.3 is 10.3 Å². The Kier molecular flexibility index (Phi) is 4.51. The summed E-state index contributed by atoms with van der Waals surface area (Å²) in [6.07, 6.45) is 3.72. The zero-order chi connectivity index (χ0) is 17.3. The number of rotatable bonds is 4. The molecule has 1 aromatic heterocycles. The van der Waals surface area contributed by atoms with Crippen LogP contribution in [0, 0.1) is 5.41 Å². The Morgan fingerprint density at radius 2 is 2.17 bits per heavy atom. The van der Waals surface area contributed by atoms with Crippen molar-refractivity contribution in [3.63, 3.8) is 0 Å². The van der Waals surface area contributed by atoms with Crippen LogP contribution in [0.2, 0.25) is 0 Å². The summed E-state index contributed by atoms with van der Waals surface area (Å²) < 4.78 is 0. The number of aromatic nitrogens is 1. The minimum atomic E-state index is -0.265. The molecule has 0 saturated carbocycles. The number of aromatic amines is 1. The molecule has 1 aromatic carbocycles. The molecule has 2 N–H and O–H groups in total. The summed E-state index contributed by atoms with van der Waals surface area (Å²) in [4.78, 5) is 29.3. The molecular weight excluding hydrogens is 322 g/mol. The predicted octanol–water partition coefficient (Wildman–Crippen LogP) is 2.66. The number of carbonyl (C=O) groups is 1. The molecule has 0 fully saturated rings. The fraction of sp³-hybridized carbons (Fsp3) is 0.333. The van der Waals surface area contributed by atoms with Gasteiger partial charge in [0.25, 0.3) is 5.56 Å². The van der Waals surface area contributed by atoms with Gasteiger partial charge in [-0.2, -0.15) is 0 Å². The molecule has 6 heteroatoms. The smallest absolute Gasteiger partial charge is 0.255 e. The third-order valence-electron chi connectivity index (χ3n) is 4.37. The van der Waals surface area contributed by atoms with E-state index in [-0.39, 0.29) is 22.9 Å². The Bertz CT molecular complexity index is 859. The number of amides is 1. The van der Waals surface area contributed by atoms with Crippen LogP contribution >= 0.6 is 11.8 Å². The molecule has 0 aliphatic carbocycles. The number of pyridine rings is 1. The van der Waals surface area contributed by atoms with Crippen molar-refractivity contribution in [3.8, 4) is 0 Å². The number of nitrogens with zero attached hydrogens (tertiary/aromatic N) is 1. The first kappa shape index (κ1) is 16.8. The van der Waals surface area contributed by atoms with Crippen molar-refractivity contribution in [3.05, 3.63) is 52.3 Å². The lowest BCUT2D eigenvalue weighted by atomic mass is 9.83. The highest BCUT2D eigenvalue weighted by molar-refractivity contribution is 8.02. The number of hydrogen-bond donors (Lipinski definition) is 2. The average molecular weight is 343 g/mol. The van der Waals surface area contributed by atoms with E-state index in [1.54, 1.807) is 30.1 Å². The third-order valence-corrected chi connectivity index (χ3v) is 5.49. The molecule has 1 unspecified atom stereocenters. The second kappa shape index (κ2) is 6.45. The predicted molar refractivity (Wildman–Crippen MR) is 100 cm³/mol. The monoisotopic (exact) mass is 343 g/mol. The van der Waals surface area contributed by atoms with Crippen molar-refractivity contribution < 1.29 is 4.79 Å². The molecule has 24 heavy (non-hydrogen) atoms. The highest BCUT2D eigenvalue weighted by Gasteiger charge is 2.40. The van der Waals surface area contributed by atoms with Crippen LogP contribution in [0.1, 0.15) is 6.92 Å². The maximum absolute atomic E-state index is 12.9. The van der Waals surface area contributed by atoms with E-state index in [4.69, 9.17) is 0 Å². The van der Waals surface area contributed by atoms with E-state index >= 15 is 0 Å². The lowest BCUT2D eigenvalue weighted by molar-refractivity contribution is -0.123. The third kappa shape index (κ3) is 3.12. The molecule has 3 rings (SSSR count). The molecule has 2 heterocycles. The Balaban J connectivity index is 1.87. The molecule has 0 radical (unpaired) electrons. The van der Waals surface area contributed by atoms with Gasteiger partial charge in [-0.05, 0) is 49.2 Å². The zero-order valence-electron chi connectivity index (χ0n) is 14.0. The molecule has 0 saturated heterocycles. The van der Waals surface area contributed by atoms with Crippen LogP contribution < -0.4 is 10.9 Å². The van der Waals surface area contributed by atoms with Gasteiger partial charge in [0.2, 0.25) is 5.91 Å². The zero-order valence-corrected chi connectivity index (χ0v) is 14.8. The van der Waals surface area contributed by atoms with E-state index in [2.05, 4.69) is 28.7 Å². The highest BCUT2D eigenvalue weighted by atomic mass is 32.2. The molecule has 2 aromatic rings. The van der Waals surface area contributed by atoms with Crippen molar-refractivity contribution in [2.75, 3.05) is 25.2 Å². The van der Waals surface area contributed by atoms with Gasteiger partial charge in [-0.3, -0.25) is 14.5 Å². The van der Waals surface area contributed by atoms with E-state index in [1.165, 1.54) is 0 Å². The summed E-state index contributed by atoms with van der Waals surface area (Å²) >= 11 is 1.73. The summed E-state index contributed by atoms with van der Waals surface area (Å²) in [6.45, 7) is 2.10. The summed E-state index contributed by atoms with van der Waals surface area (Å²) in [5, 5.41) is 6.48. The number of carbonyl (C=O) groups excluding carboxylic acids is 1. The average Bonchev–Trinajstić information content (AvgIpc) is 2.94. The molecule has 0 spiro atoms. The summed E-state index contributed by atoms with van der Waals surface area (Å²) in [6, 6.07) is 6.90. The maximum atomic E-state index is 12.9. The van der Waals surface area contributed by atoms with Gasteiger partial charge >= 0.3 is 0 Å². The first-order chi connectivity index (χ1) is 11.4. The van der Waals surface area contributed by atoms with Crippen LogP contribution in [0.25, 0.3) is 10.8 Å². The molecule has 126 valence electrons. The minimum absolute atomic E-state index is 0.0427. The number of likely N-dealkylation sites (N-methyl/N-ethyl adjacent to an activating group) is 1. The van der Waals surface area contributed by atoms with E-state index < -0.39 is 0 Å². The molecule has 1 amide bonds. The molecule has 2 atom stereocenters. The van der Waals surface area contributed by atoms with Gasteiger partial charge in [0.1, 0.15) is 0 Å². The molecular formula is C18H21N3O2S. The number of H-pyrrole nitrogens is 1. The summed E-state index contributed by atoms with van der Waals surface area (Å²) in [7, 11) is 3.85. The molecule has 0 bridgehead atoms. The maximum Gasteiger partial charge on any atom is 0.255 e. The van der Waals surface area contributed by atoms with E-state index in [0.717, 1.165) is 11.1 Å².